The van der Waals surface area contributed by atoms with Gasteiger partial charge in [0.1, 0.15) is 17.0 Å². The van der Waals surface area contributed by atoms with Crippen LogP contribution >= 0.6 is 0 Å². The summed E-state index contributed by atoms with van der Waals surface area (Å²) in [5, 5.41) is 12.1. The molecule has 1 aromatic rings. The van der Waals surface area contributed by atoms with E-state index in [0.717, 1.165) is 11.3 Å². The second-order valence-electron chi connectivity index (χ2n) is 8.32. The molecule has 0 heterocycles. The minimum atomic E-state index is -3.67. The van der Waals surface area contributed by atoms with Gasteiger partial charge in [0.25, 0.3) is 10.1 Å². The molecule has 0 saturated carbocycles. The predicted octanol–water partition coefficient (Wildman–Crippen LogP) is 2.80. The van der Waals surface area contributed by atoms with Gasteiger partial charge in [-0.2, -0.15) is 8.42 Å². The minimum absolute atomic E-state index is 0.153. The third kappa shape index (κ3) is 16.3. The molecule has 0 aliphatic rings. The topological polar surface area (TPSA) is 122 Å². The predicted molar refractivity (Wildman–Crippen MR) is 108 cm³/mol. The van der Waals surface area contributed by atoms with Crippen LogP contribution in [0.15, 0.2) is 24.3 Å². The Morgan fingerprint density at radius 1 is 1.07 bits per heavy atom. The molecule has 1 atom stereocenters. The molecule has 9 heteroatoms. The lowest BCUT2D eigenvalue weighted by atomic mass is 10.1. The van der Waals surface area contributed by atoms with Crippen molar-refractivity contribution in [2.24, 2.45) is 0 Å². The Kier molecular flexibility index (Phi) is 9.94. The molecule has 0 spiro atoms. The Hall–Kier alpha value is -1.84. The molecule has 0 fully saturated rings. The van der Waals surface area contributed by atoms with E-state index >= 15 is 0 Å². The van der Waals surface area contributed by atoms with Gasteiger partial charge in [0.15, 0.2) is 0 Å². The molecule has 1 unspecified atom stereocenters. The van der Waals surface area contributed by atoms with Crippen molar-refractivity contribution in [1.29, 1.82) is 0 Å². The summed E-state index contributed by atoms with van der Waals surface area (Å²) in [6, 6.07) is 7.26. The molecule has 1 rings (SSSR count). The van der Waals surface area contributed by atoms with Crippen LogP contribution in [0.5, 0.6) is 5.75 Å². The summed E-state index contributed by atoms with van der Waals surface area (Å²) < 4.78 is 36.8. The third-order valence-electron chi connectivity index (χ3n) is 2.77. The van der Waals surface area contributed by atoms with Crippen LogP contribution in [0, 0.1) is 0 Å². The van der Waals surface area contributed by atoms with Gasteiger partial charge in [-0.25, -0.2) is 4.79 Å². The van der Waals surface area contributed by atoms with E-state index in [2.05, 4.69) is 5.32 Å². The summed E-state index contributed by atoms with van der Waals surface area (Å²) in [6.45, 7) is 11.2. The minimum Gasteiger partial charge on any atom is -0.488 e. The molecular formula is C19H33NO7S. The summed E-state index contributed by atoms with van der Waals surface area (Å²) in [7, 11) is -3.67. The molecule has 0 radical (unpaired) electrons. The first-order valence-electron chi connectivity index (χ1n) is 8.79. The fraction of sp³-hybridized carbons (Fsp3) is 0.632. The molecule has 0 bridgehead atoms. The second kappa shape index (κ2) is 10.6. The second-order valence-corrected chi connectivity index (χ2v) is 9.79. The molecule has 0 saturated heterocycles. The van der Waals surface area contributed by atoms with Gasteiger partial charge in [0.2, 0.25) is 0 Å². The number of amides is 1. The lowest BCUT2D eigenvalue weighted by molar-refractivity contribution is 0.0482. The Balaban J connectivity index is 0.00000129. The van der Waals surface area contributed by atoms with E-state index in [-0.39, 0.29) is 18.2 Å². The van der Waals surface area contributed by atoms with Crippen molar-refractivity contribution in [3.05, 3.63) is 29.8 Å². The Morgan fingerprint density at radius 2 is 1.54 bits per heavy atom. The molecular weight excluding hydrogens is 386 g/mol. The molecule has 8 nitrogen and oxygen atoms in total. The van der Waals surface area contributed by atoms with E-state index in [0.29, 0.717) is 12.7 Å². The number of hydrogen-bond acceptors (Lipinski definition) is 6. The van der Waals surface area contributed by atoms with Gasteiger partial charge in [-0.15, -0.1) is 0 Å². The van der Waals surface area contributed by atoms with E-state index in [9.17, 15) is 18.3 Å². The van der Waals surface area contributed by atoms with E-state index in [1.165, 1.54) is 0 Å². The zero-order chi connectivity index (χ0) is 22.2. The number of carbonyl (C=O) groups excluding carboxylic acids is 1. The van der Waals surface area contributed by atoms with Gasteiger partial charge in [-0.3, -0.25) is 4.55 Å². The quantitative estimate of drug-likeness (QED) is 0.627. The Morgan fingerprint density at radius 3 is 1.89 bits per heavy atom. The van der Waals surface area contributed by atoms with Gasteiger partial charge in [-0.05, 0) is 65.7 Å². The highest BCUT2D eigenvalue weighted by atomic mass is 32.2. The average Bonchev–Trinajstić information content (AvgIpc) is 2.43. The first-order valence-corrected chi connectivity index (χ1v) is 10.6. The maximum absolute atomic E-state index is 11.8. The van der Waals surface area contributed by atoms with Crippen molar-refractivity contribution >= 4 is 16.2 Å². The van der Waals surface area contributed by atoms with Gasteiger partial charge in [0, 0.05) is 0 Å². The third-order valence-corrected chi connectivity index (χ3v) is 2.77. The van der Waals surface area contributed by atoms with Crippen LogP contribution in [0.3, 0.4) is 0 Å². The van der Waals surface area contributed by atoms with Crippen LogP contribution in [0.4, 0.5) is 4.79 Å². The van der Waals surface area contributed by atoms with Gasteiger partial charge in [-0.1, -0.05) is 12.1 Å². The van der Waals surface area contributed by atoms with E-state index in [4.69, 9.17) is 14.0 Å². The lowest BCUT2D eigenvalue weighted by Crippen LogP contribution is -2.42. The zero-order valence-electron chi connectivity index (χ0n) is 17.6. The number of nitrogens with one attached hydrogen (secondary N) is 1. The highest BCUT2D eigenvalue weighted by molar-refractivity contribution is 7.85. The van der Waals surface area contributed by atoms with Crippen molar-refractivity contribution in [2.75, 3.05) is 12.9 Å². The highest BCUT2D eigenvalue weighted by Gasteiger charge is 2.19. The maximum atomic E-state index is 11.8. The average molecular weight is 420 g/mol. The number of ether oxygens (including phenoxy) is 2. The smallest absolute Gasteiger partial charge is 0.407 e. The van der Waals surface area contributed by atoms with E-state index in [1.807, 2.05) is 45.0 Å². The first kappa shape index (κ1) is 26.2. The monoisotopic (exact) mass is 419 g/mol. The van der Waals surface area contributed by atoms with Crippen molar-refractivity contribution in [3.8, 4) is 5.75 Å². The molecule has 162 valence electrons. The number of benzene rings is 1. The van der Waals surface area contributed by atoms with Crippen LogP contribution < -0.4 is 10.1 Å². The molecule has 0 aliphatic carbocycles. The largest absolute Gasteiger partial charge is 0.488 e. The number of rotatable bonds is 5. The molecule has 0 aromatic heterocycles. The highest BCUT2D eigenvalue weighted by Crippen LogP contribution is 2.19. The molecule has 0 aliphatic heterocycles. The molecule has 1 amide bonds. The van der Waals surface area contributed by atoms with E-state index < -0.39 is 21.8 Å². The van der Waals surface area contributed by atoms with Crippen LogP contribution in [0.25, 0.3) is 0 Å². The van der Waals surface area contributed by atoms with Gasteiger partial charge in [0.05, 0.1) is 18.9 Å². The Labute approximate surface area is 168 Å². The maximum Gasteiger partial charge on any atom is 0.407 e. The SMILES string of the molecule is CC(C)(C)OC(=O)NC(CO)Cc1ccc(OC(C)(C)C)cc1.CS(=O)(=O)O. The molecule has 28 heavy (non-hydrogen) atoms. The summed E-state index contributed by atoms with van der Waals surface area (Å²) in [6.07, 6.45) is 0.711. The van der Waals surface area contributed by atoms with Crippen molar-refractivity contribution in [3.63, 3.8) is 0 Å². The summed E-state index contributed by atoms with van der Waals surface area (Å²) in [5.74, 6) is 0.793. The standard InChI is InChI=1S/C18H29NO4.CH4O3S/c1-17(2,3)22-15-9-7-13(8-10-15)11-14(12-20)19-16(21)23-18(4,5)6;1-5(2,3)4/h7-10,14,20H,11-12H2,1-6H3,(H,19,21);1H3,(H,2,3,4). The zero-order valence-corrected chi connectivity index (χ0v) is 18.5. The summed E-state index contributed by atoms with van der Waals surface area (Å²) in [5.41, 5.74) is 0.199. The van der Waals surface area contributed by atoms with Gasteiger partial charge < -0.3 is 19.9 Å². The number of carbonyl (C=O) groups is 1. The van der Waals surface area contributed by atoms with Gasteiger partial charge >= 0.3 is 6.09 Å². The van der Waals surface area contributed by atoms with Crippen molar-refractivity contribution in [1.82, 2.24) is 5.32 Å². The van der Waals surface area contributed by atoms with Crippen LogP contribution in [-0.2, 0) is 21.3 Å². The van der Waals surface area contributed by atoms with Crippen LogP contribution in [0.2, 0.25) is 0 Å². The Bertz CT molecular complexity index is 693. The summed E-state index contributed by atoms with van der Waals surface area (Å²) in [4.78, 5) is 11.8. The van der Waals surface area contributed by atoms with E-state index in [1.54, 1.807) is 20.8 Å². The number of aliphatic hydroxyl groups excluding tert-OH is 1. The van der Waals surface area contributed by atoms with Crippen molar-refractivity contribution < 1.29 is 32.3 Å². The fourth-order valence-electron chi connectivity index (χ4n) is 1.97. The fourth-order valence-corrected chi connectivity index (χ4v) is 1.97. The van der Waals surface area contributed by atoms with Crippen LogP contribution in [0.1, 0.15) is 47.1 Å². The molecule has 3 N–H and O–H groups in total. The number of hydrogen-bond donors (Lipinski definition) is 3. The summed E-state index contributed by atoms with van der Waals surface area (Å²) >= 11 is 0. The number of alkyl carbamates (subject to hydrolysis) is 1. The normalized spacial score (nSPS) is 13.0. The lowest BCUT2D eigenvalue weighted by Gasteiger charge is -2.23. The molecule has 1 aromatic carbocycles. The van der Waals surface area contributed by atoms with Crippen LogP contribution in [-0.4, -0.2) is 54.3 Å². The van der Waals surface area contributed by atoms with Crippen molar-refractivity contribution in [2.45, 2.75) is 65.2 Å². The first-order chi connectivity index (χ1) is 12.5. The number of aliphatic hydroxyl groups is 1.